The van der Waals surface area contributed by atoms with Gasteiger partial charge in [0.25, 0.3) is 0 Å². The van der Waals surface area contributed by atoms with Crippen LogP contribution in [0.1, 0.15) is 65.7 Å². The molecule has 0 aromatic carbocycles. The van der Waals surface area contributed by atoms with E-state index in [2.05, 4.69) is 20.4 Å². The van der Waals surface area contributed by atoms with Gasteiger partial charge in [-0.25, -0.2) is 0 Å². The third kappa shape index (κ3) is 2.38. The van der Waals surface area contributed by atoms with Gasteiger partial charge in [-0.1, -0.05) is 26.0 Å². The second-order valence-corrected chi connectivity index (χ2v) is 9.35. The first-order chi connectivity index (χ1) is 11.8. The van der Waals surface area contributed by atoms with Gasteiger partial charge in [-0.2, -0.15) is 0 Å². The average molecular weight is 342 g/mol. The highest BCUT2D eigenvalue weighted by atomic mass is 16.5. The van der Waals surface area contributed by atoms with E-state index in [9.17, 15) is 9.59 Å². The fourth-order valence-corrected chi connectivity index (χ4v) is 6.91. The zero-order valence-electron chi connectivity index (χ0n) is 15.8. The molecule has 3 fully saturated rings. The fraction of sp³-hybridized carbons (Fsp3) is 0.727. The molecule has 0 saturated heterocycles. The normalized spacial score (nSPS) is 46.0. The molecule has 0 aliphatic heterocycles. The van der Waals surface area contributed by atoms with E-state index < -0.39 is 0 Å². The van der Waals surface area contributed by atoms with Crippen molar-refractivity contribution in [3.8, 4) is 0 Å². The maximum absolute atomic E-state index is 12.0. The van der Waals surface area contributed by atoms with Crippen LogP contribution in [0, 0.1) is 28.6 Å². The van der Waals surface area contributed by atoms with Crippen LogP contribution in [0.15, 0.2) is 23.8 Å². The molecule has 0 aromatic rings. The molecule has 0 N–H and O–H groups in total. The maximum Gasteiger partial charge on any atom is 0.302 e. The summed E-state index contributed by atoms with van der Waals surface area (Å²) in [6.07, 6.45) is 9.06. The van der Waals surface area contributed by atoms with Crippen LogP contribution in [0.5, 0.6) is 0 Å². The first-order valence-electron chi connectivity index (χ1n) is 9.86. The molecule has 4 rings (SSSR count). The molecule has 3 saturated carbocycles. The number of ketones is 1. The van der Waals surface area contributed by atoms with Crippen molar-refractivity contribution in [1.82, 2.24) is 0 Å². The Bertz CT molecular complexity index is 675. The molecule has 3 unspecified atom stereocenters. The Morgan fingerprint density at radius 3 is 2.68 bits per heavy atom. The molecule has 25 heavy (non-hydrogen) atoms. The van der Waals surface area contributed by atoms with Gasteiger partial charge in [0.2, 0.25) is 0 Å². The quantitative estimate of drug-likeness (QED) is 0.653. The van der Waals surface area contributed by atoms with Gasteiger partial charge in [-0.05, 0) is 73.3 Å². The Morgan fingerprint density at radius 1 is 1.20 bits per heavy atom. The summed E-state index contributed by atoms with van der Waals surface area (Å²) >= 11 is 0. The Morgan fingerprint density at radius 2 is 1.96 bits per heavy atom. The summed E-state index contributed by atoms with van der Waals surface area (Å²) in [6, 6.07) is 0. The van der Waals surface area contributed by atoms with E-state index in [1.807, 2.05) is 6.08 Å². The highest BCUT2D eigenvalue weighted by Crippen LogP contribution is 2.66. The van der Waals surface area contributed by atoms with Crippen molar-refractivity contribution in [3.05, 3.63) is 23.8 Å². The zero-order chi connectivity index (χ0) is 18.0. The van der Waals surface area contributed by atoms with Crippen LogP contribution in [0.3, 0.4) is 0 Å². The SMILES string of the molecule is C=C1CC2C(CC[C@@]3(C)C2CC[C@@H]3OC(C)=O)[C@@]2(C)CCC(=O)C=C12. The predicted molar refractivity (Wildman–Crippen MR) is 96.8 cm³/mol. The summed E-state index contributed by atoms with van der Waals surface area (Å²) in [4.78, 5) is 23.5. The first-order valence-corrected chi connectivity index (χ1v) is 9.86. The van der Waals surface area contributed by atoms with Crippen molar-refractivity contribution in [2.24, 2.45) is 28.6 Å². The first kappa shape index (κ1) is 17.1. The molecule has 3 heteroatoms. The topological polar surface area (TPSA) is 43.4 Å². The second-order valence-electron chi connectivity index (χ2n) is 9.35. The van der Waals surface area contributed by atoms with Gasteiger partial charge in [0.1, 0.15) is 6.10 Å². The number of allylic oxidation sites excluding steroid dienone is 2. The van der Waals surface area contributed by atoms with Gasteiger partial charge in [0.05, 0.1) is 0 Å². The van der Waals surface area contributed by atoms with Crippen LogP contribution in [-0.4, -0.2) is 17.9 Å². The third-order valence-electron chi connectivity index (χ3n) is 8.15. The van der Waals surface area contributed by atoms with Crippen LogP contribution >= 0.6 is 0 Å². The predicted octanol–water partition coefficient (Wildman–Crippen LogP) is 4.62. The van der Waals surface area contributed by atoms with Crippen molar-refractivity contribution < 1.29 is 14.3 Å². The average Bonchev–Trinajstić information content (AvgIpc) is 2.86. The smallest absolute Gasteiger partial charge is 0.302 e. The highest BCUT2D eigenvalue weighted by molar-refractivity contribution is 5.92. The largest absolute Gasteiger partial charge is 0.462 e. The highest BCUT2D eigenvalue weighted by Gasteiger charge is 2.60. The third-order valence-corrected chi connectivity index (χ3v) is 8.15. The summed E-state index contributed by atoms with van der Waals surface area (Å²) < 4.78 is 5.72. The molecular weight excluding hydrogens is 312 g/mol. The molecule has 3 nitrogen and oxygen atoms in total. The van der Waals surface area contributed by atoms with Crippen molar-refractivity contribution in [2.75, 3.05) is 0 Å². The number of carbonyl (C=O) groups is 2. The van der Waals surface area contributed by atoms with E-state index in [4.69, 9.17) is 4.74 Å². The monoisotopic (exact) mass is 342 g/mol. The lowest BCUT2D eigenvalue weighted by molar-refractivity contribution is -0.156. The second kappa shape index (κ2) is 5.56. The van der Waals surface area contributed by atoms with Crippen LogP contribution in [0.2, 0.25) is 0 Å². The molecule has 0 heterocycles. The molecule has 0 aromatic heterocycles. The van der Waals surface area contributed by atoms with E-state index >= 15 is 0 Å². The number of ether oxygens (including phenoxy) is 1. The molecular formula is C22H30O3. The minimum atomic E-state index is -0.148. The van der Waals surface area contributed by atoms with Gasteiger partial charge >= 0.3 is 5.97 Å². The summed E-state index contributed by atoms with van der Waals surface area (Å²) in [7, 11) is 0. The molecule has 0 bridgehead atoms. The molecule has 6 atom stereocenters. The van der Waals surface area contributed by atoms with E-state index in [1.165, 1.54) is 24.5 Å². The van der Waals surface area contributed by atoms with E-state index in [0.29, 0.717) is 24.2 Å². The molecule has 4 aliphatic carbocycles. The minimum absolute atomic E-state index is 0.0712. The summed E-state index contributed by atoms with van der Waals surface area (Å²) in [5.41, 5.74) is 2.63. The summed E-state index contributed by atoms with van der Waals surface area (Å²) in [5, 5.41) is 0. The lowest BCUT2D eigenvalue weighted by Crippen LogP contribution is -2.52. The number of carbonyl (C=O) groups excluding carboxylic acids is 2. The Kier molecular flexibility index (Phi) is 3.79. The van der Waals surface area contributed by atoms with Crippen molar-refractivity contribution in [2.45, 2.75) is 71.8 Å². The van der Waals surface area contributed by atoms with E-state index in [1.54, 1.807) is 0 Å². The van der Waals surface area contributed by atoms with Gasteiger partial charge in [0.15, 0.2) is 5.78 Å². The molecule has 0 spiro atoms. The van der Waals surface area contributed by atoms with E-state index in [-0.39, 0.29) is 28.7 Å². The van der Waals surface area contributed by atoms with Gasteiger partial charge in [-0.3, -0.25) is 9.59 Å². The Balaban J connectivity index is 1.67. The summed E-state index contributed by atoms with van der Waals surface area (Å²) in [5.74, 6) is 1.96. The van der Waals surface area contributed by atoms with Crippen LogP contribution < -0.4 is 0 Å². The van der Waals surface area contributed by atoms with Crippen LogP contribution in [-0.2, 0) is 14.3 Å². The van der Waals surface area contributed by atoms with Gasteiger partial charge in [-0.15, -0.1) is 0 Å². The van der Waals surface area contributed by atoms with Crippen molar-refractivity contribution in [3.63, 3.8) is 0 Å². The van der Waals surface area contributed by atoms with Crippen molar-refractivity contribution in [1.29, 1.82) is 0 Å². The van der Waals surface area contributed by atoms with Crippen molar-refractivity contribution >= 4 is 11.8 Å². The van der Waals surface area contributed by atoms with Gasteiger partial charge < -0.3 is 4.74 Å². The Labute approximate surface area is 150 Å². The zero-order valence-corrected chi connectivity index (χ0v) is 15.8. The van der Waals surface area contributed by atoms with Crippen LogP contribution in [0.25, 0.3) is 0 Å². The Hall–Kier alpha value is -1.38. The molecule has 136 valence electrons. The number of rotatable bonds is 1. The number of esters is 1. The standard InChI is InChI=1S/C22H30O3/c1-13-11-16-17-5-6-20(25-14(2)23)22(17,4)10-8-18(16)21(3)9-7-15(24)12-19(13)21/h12,16-18,20H,1,5-11H2,2-4H3/t16?,17?,18?,20-,21+,22-/m0/s1. The molecule has 4 aliphatic rings. The summed E-state index contributed by atoms with van der Waals surface area (Å²) in [6.45, 7) is 10.6. The number of fused-ring (bicyclic) bond motifs is 5. The molecule has 0 radical (unpaired) electrons. The van der Waals surface area contributed by atoms with Crippen LogP contribution in [0.4, 0.5) is 0 Å². The fourth-order valence-electron chi connectivity index (χ4n) is 6.91. The number of hydrogen-bond acceptors (Lipinski definition) is 3. The van der Waals surface area contributed by atoms with E-state index in [0.717, 1.165) is 32.1 Å². The lowest BCUT2D eigenvalue weighted by atomic mass is 9.46. The maximum atomic E-state index is 12.0. The number of hydrogen-bond donors (Lipinski definition) is 0. The van der Waals surface area contributed by atoms with Gasteiger partial charge in [0, 0.05) is 18.8 Å². The minimum Gasteiger partial charge on any atom is -0.462 e. The molecule has 0 amide bonds. The lowest BCUT2D eigenvalue weighted by Gasteiger charge is -2.58.